The molecule has 1 radical (unpaired) electrons. The lowest BCUT2D eigenvalue weighted by atomic mass is 10.3. The van der Waals surface area contributed by atoms with Crippen LogP contribution in [0.2, 0.25) is 0 Å². The van der Waals surface area contributed by atoms with Crippen LogP contribution in [-0.4, -0.2) is 13.3 Å². The van der Waals surface area contributed by atoms with Crippen LogP contribution in [0.3, 0.4) is 0 Å². The van der Waals surface area contributed by atoms with Gasteiger partial charge in [0.1, 0.15) is 4.90 Å². The van der Waals surface area contributed by atoms with Crippen LogP contribution in [0.4, 0.5) is 5.69 Å². The van der Waals surface area contributed by atoms with Crippen LogP contribution in [-0.2, 0) is 10.7 Å². The van der Waals surface area contributed by atoms with Gasteiger partial charge in [0.05, 0.1) is 4.92 Å². The molecule has 12 heavy (non-hydrogen) atoms. The highest BCUT2D eigenvalue weighted by molar-refractivity contribution is 7.72. The second-order valence-corrected chi connectivity index (χ2v) is 2.93. The van der Waals surface area contributed by atoms with Crippen LogP contribution in [0.1, 0.15) is 0 Å². The zero-order valence-electron chi connectivity index (χ0n) is 5.76. The third-order valence-corrected chi connectivity index (χ3v) is 1.96. The molecule has 0 fully saturated rings. The molecule has 0 N–H and O–H groups in total. The van der Waals surface area contributed by atoms with E-state index in [1.807, 2.05) is 0 Å². The number of nitro benzene ring substituents is 1. The second-order valence-electron chi connectivity index (χ2n) is 1.93. The highest BCUT2D eigenvalue weighted by atomic mass is 32.2. The lowest BCUT2D eigenvalue weighted by molar-refractivity contribution is -0.387. The lowest BCUT2D eigenvalue weighted by Gasteiger charge is -1.92. The molecule has 6 heteroatoms. The fourth-order valence-electron chi connectivity index (χ4n) is 0.714. The first-order valence-corrected chi connectivity index (χ1v) is 4.09. The number of thiol groups is 1. The summed E-state index contributed by atoms with van der Waals surface area (Å²) in [7, 11) is -2.92. The summed E-state index contributed by atoms with van der Waals surface area (Å²) in [6, 6.07) is 5.91. The van der Waals surface area contributed by atoms with Gasteiger partial charge >= 0.3 is 0 Å². The van der Waals surface area contributed by atoms with Crippen LogP contribution in [0.5, 0.6) is 0 Å². The summed E-state index contributed by atoms with van der Waals surface area (Å²) in [5.74, 6) is 0. The number of nitro groups is 1. The van der Waals surface area contributed by atoms with Gasteiger partial charge in [-0.25, -0.2) is 8.42 Å². The Kier molecular flexibility index (Phi) is 2.39. The van der Waals surface area contributed by atoms with E-state index < -0.39 is 21.3 Å². The van der Waals surface area contributed by atoms with Crippen molar-refractivity contribution in [3.8, 4) is 0 Å². The molecule has 1 aromatic carbocycles. The second kappa shape index (κ2) is 3.31. The number of rotatable bonds is 2. The van der Waals surface area contributed by atoms with E-state index >= 15 is 0 Å². The summed E-state index contributed by atoms with van der Waals surface area (Å²) in [5, 5.41) is 10.3. The minimum absolute atomic E-state index is 0.308. The van der Waals surface area contributed by atoms with Gasteiger partial charge in [0.15, 0.2) is 10.7 Å². The first-order chi connectivity index (χ1) is 5.63. The van der Waals surface area contributed by atoms with Crippen molar-refractivity contribution in [3.05, 3.63) is 34.4 Å². The Morgan fingerprint density at radius 3 is 2.58 bits per heavy atom. The average Bonchev–Trinajstić information content (AvgIpc) is 2.04. The van der Waals surface area contributed by atoms with Gasteiger partial charge < -0.3 is 0 Å². The predicted octanol–water partition coefficient (Wildman–Crippen LogP) is 0.365. The molecule has 0 amide bonds. The van der Waals surface area contributed by atoms with Crippen molar-refractivity contribution in [2.45, 2.75) is 4.90 Å². The van der Waals surface area contributed by atoms with Crippen molar-refractivity contribution in [1.29, 1.82) is 0 Å². The molecule has 0 aliphatic carbocycles. The van der Waals surface area contributed by atoms with Gasteiger partial charge in [-0.1, -0.05) is 0 Å². The minimum atomic E-state index is -2.92. The largest absolute Gasteiger partial charge is 0.287 e. The molecule has 0 bridgehead atoms. The Bertz CT molecular complexity index is 377. The Hall–Kier alpha value is -1.43. The van der Waals surface area contributed by atoms with Gasteiger partial charge in [-0.3, -0.25) is 10.1 Å². The molecule has 5 nitrogen and oxygen atoms in total. The van der Waals surface area contributed by atoms with Crippen molar-refractivity contribution in [3.63, 3.8) is 0 Å². The number of hydrogen-bond acceptors (Lipinski definition) is 4. The van der Waals surface area contributed by atoms with Crippen molar-refractivity contribution < 1.29 is 13.3 Å². The average molecular weight is 186 g/mol. The molecule has 0 atom stereocenters. The SMILES string of the molecule is O=[N+]([O-])c1cc[c]cc1[SH](=O)=O. The van der Waals surface area contributed by atoms with Crippen LogP contribution < -0.4 is 0 Å². The standard InChI is InChI=1S/C6H4NO4S/c8-7(9)5-3-1-2-4-6(5)12(10)11/h1,3-4,12H. The molecule has 0 heterocycles. The highest BCUT2D eigenvalue weighted by Gasteiger charge is 2.13. The van der Waals surface area contributed by atoms with Gasteiger partial charge in [-0.05, 0) is 18.2 Å². The first kappa shape index (κ1) is 8.66. The third kappa shape index (κ3) is 1.59. The Morgan fingerprint density at radius 1 is 1.50 bits per heavy atom. The maximum atomic E-state index is 10.4. The van der Waals surface area contributed by atoms with E-state index in [2.05, 4.69) is 6.07 Å². The summed E-state index contributed by atoms with van der Waals surface area (Å²) in [6.07, 6.45) is 0. The molecule has 0 aliphatic heterocycles. The molecule has 0 saturated carbocycles. The number of nitrogens with zero attached hydrogens (tertiary/aromatic N) is 1. The molecule has 0 unspecified atom stereocenters. The van der Waals surface area contributed by atoms with E-state index in [4.69, 9.17) is 0 Å². The van der Waals surface area contributed by atoms with Crippen LogP contribution in [0, 0.1) is 16.2 Å². The monoisotopic (exact) mass is 186 g/mol. The van der Waals surface area contributed by atoms with Crippen molar-refractivity contribution in [1.82, 2.24) is 0 Å². The Labute approximate surface area is 69.7 Å². The Balaban J connectivity index is 3.36. The van der Waals surface area contributed by atoms with E-state index in [0.29, 0.717) is 0 Å². The summed E-state index contributed by atoms with van der Waals surface area (Å²) in [4.78, 5) is 9.20. The van der Waals surface area contributed by atoms with Crippen molar-refractivity contribution in [2.75, 3.05) is 0 Å². The van der Waals surface area contributed by atoms with E-state index in [1.165, 1.54) is 6.07 Å². The topological polar surface area (TPSA) is 77.3 Å². The lowest BCUT2D eigenvalue weighted by Crippen LogP contribution is -1.92. The molecule has 1 aromatic rings. The van der Waals surface area contributed by atoms with Gasteiger partial charge in [-0.15, -0.1) is 0 Å². The van der Waals surface area contributed by atoms with E-state index in [1.54, 1.807) is 0 Å². The number of benzene rings is 1. The number of hydrogen-bond donors (Lipinski definition) is 1. The molecule has 0 aromatic heterocycles. The van der Waals surface area contributed by atoms with E-state index in [9.17, 15) is 18.5 Å². The maximum absolute atomic E-state index is 10.4. The van der Waals surface area contributed by atoms with E-state index in [0.717, 1.165) is 12.1 Å². The smallest absolute Gasteiger partial charge is 0.258 e. The quantitative estimate of drug-likeness (QED) is 0.411. The van der Waals surface area contributed by atoms with Crippen LogP contribution in [0.15, 0.2) is 23.1 Å². The zero-order valence-corrected chi connectivity index (χ0v) is 6.65. The zero-order chi connectivity index (χ0) is 9.14. The normalized spacial score (nSPS) is 10.1. The van der Waals surface area contributed by atoms with Gasteiger partial charge in [0.25, 0.3) is 5.69 Å². The van der Waals surface area contributed by atoms with Crippen LogP contribution in [0.25, 0.3) is 0 Å². The molecule has 0 spiro atoms. The molecule has 0 aliphatic rings. The Morgan fingerprint density at radius 2 is 2.17 bits per heavy atom. The summed E-state index contributed by atoms with van der Waals surface area (Å²) in [6.45, 7) is 0. The molecule has 63 valence electrons. The van der Waals surface area contributed by atoms with Crippen molar-refractivity contribution in [2.24, 2.45) is 0 Å². The molecular weight excluding hydrogens is 182 g/mol. The molecular formula is C6H4NO4S. The predicted molar refractivity (Wildman–Crippen MR) is 40.5 cm³/mol. The minimum Gasteiger partial charge on any atom is -0.258 e. The maximum Gasteiger partial charge on any atom is 0.287 e. The van der Waals surface area contributed by atoms with E-state index in [-0.39, 0.29) is 4.90 Å². The summed E-state index contributed by atoms with van der Waals surface area (Å²) >= 11 is 0. The fraction of sp³-hybridized carbons (Fsp3) is 0. The van der Waals surface area contributed by atoms with Crippen molar-refractivity contribution >= 4 is 16.4 Å². The highest BCUT2D eigenvalue weighted by Crippen LogP contribution is 2.17. The molecule has 0 saturated heterocycles. The third-order valence-electron chi connectivity index (χ3n) is 1.21. The van der Waals surface area contributed by atoms with Gasteiger partial charge in [0.2, 0.25) is 0 Å². The van der Waals surface area contributed by atoms with Gasteiger partial charge in [-0.2, -0.15) is 0 Å². The molecule has 1 rings (SSSR count). The van der Waals surface area contributed by atoms with Gasteiger partial charge in [0, 0.05) is 6.07 Å². The summed E-state index contributed by atoms with van der Waals surface area (Å²) < 4.78 is 20.9. The summed E-state index contributed by atoms with van der Waals surface area (Å²) in [5.41, 5.74) is -0.412. The first-order valence-electron chi connectivity index (χ1n) is 2.92. The fourth-order valence-corrected chi connectivity index (χ4v) is 1.24. The van der Waals surface area contributed by atoms with Crippen LogP contribution >= 0.6 is 0 Å².